The number of rotatable bonds is 4. The van der Waals surface area contributed by atoms with Gasteiger partial charge in [0, 0.05) is 23.9 Å². The first-order chi connectivity index (χ1) is 16.7. The number of hydrogen-bond acceptors (Lipinski definition) is 6. The Labute approximate surface area is 206 Å². The van der Waals surface area contributed by atoms with Gasteiger partial charge in [-0.15, -0.1) is 21.5 Å². The van der Waals surface area contributed by atoms with Crippen molar-refractivity contribution in [1.82, 2.24) is 24.5 Å². The van der Waals surface area contributed by atoms with Gasteiger partial charge < -0.3 is 4.90 Å². The molecular weight excluding hydrogens is 462 g/mol. The van der Waals surface area contributed by atoms with Crippen LogP contribution in [0.3, 0.4) is 0 Å². The molecule has 8 heteroatoms. The van der Waals surface area contributed by atoms with Gasteiger partial charge in [-0.25, -0.2) is 4.98 Å². The van der Waals surface area contributed by atoms with Crippen molar-refractivity contribution in [3.8, 4) is 0 Å². The summed E-state index contributed by atoms with van der Waals surface area (Å²) in [5.74, 6) is 2.84. The lowest BCUT2D eigenvalue weighted by atomic mass is 9.89. The molecule has 0 spiro atoms. The maximum Gasteiger partial charge on any atom is 0.233 e. The molecule has 1 aliphatic heterocycles. The molecule has 7 rings (SSSR count). The van der Waals surface area contributed by atoms with Gasteiger partial charge >= 0.3 is 0 Å². The molecule has 1 saturated carbocycles. The van der Waals surface area contributed by atoms with E-state index < -0.39 is 0 Å². The third kappa shape index (κ3) is 3.45. The number of carbonyl (C=O) groups is 1. The first kappa shape index (κ1) is 20.9. The van der Waals surface area contributed by atoms with Gasteiger partial charge in [-0.2, -0.15) is 0 Å². The molecule has 4 heterocycles. The fourth-order valence-corrected chi connectivity index (χ4v) is 7.70. The highest BCUT2D eigenvalue weighted by Gasteiger charge is 2.32. The van der Waals surface area contributed by atoms with E-state index in [1.54, 1.807) is 0 Å². The van der Waals surface area contributed by atoms with Gasteiger partial charge in [0.2, 0.25) is 5.91 Å². The van der Waals surface area contributed by atoms with Crippen LogP contribution in [0.25, 0.3) is 15.9 Å². The summed E-state index contributed by atoms with van der Waals surface area (Å²) in [6.07, 6.45) is 6.73. The average Bonchev–Trinajstić information content (AvgIpc) is 3.52. The minimum Gasteiger partial charge on any atom is -0.337 e. The van der Waals surface area contributed by atoms with Crippen LogP contribution >= 0.6 is 23.1 Å². The van der Waals surface area contributed by atoms with Crippen molar-refractivity contribution >= 4 is 44.9 Å². The van der Waals surface area contributed by atoms with Crippen LogP contribution in [0.5, 0.6) is 0 Å². The molecule has 1 unspecified atom stereocenters. The lowest BCUT2D eigenvalue weighted by molar-refractivity contribution is -0.129. The molecule has 1 amide bonds. The van der Waals surface area contributed by atoms with Crippen molar-refractivity contribution < 1.29 is 4.79 Å². The zero-order valence-electron chi connectivity index (χ0n) is 19.3. The van der Waals surface area contributed by atoms with Crippen LogP contribution in [0.1, 0.15) is 59.5 Å². The van der Waals surface area contributed by atoms with E-state index in [1.165, 1.54) is 58.0 Å². The molecule has 0 radical (unpaired) electrons. The molecule has 34 heavy (non-hydrogen) atoms. The lowest BCUT2D eigenvalue weighted by Crippen LogP contribution is -2.37. The highest BCUT2D eigenvalue weighted by atomic mass is 32.2. The maximum atomic E-state index is 13.1. The first-order valence-electron chi connectivity index (χ1n) is 12.3. The number of benzene rings is 1. The standard InChI is InChI=1S/C26H27N5OS2/c1-15-6-9-19-20(12-15)34-25-22(19)24-28-29-26(31(24)23(27-25)17-7-8-17)33-14-21(32)30-11-10-16-4-2-3-5-18(16)13-30/h2-5,15,17H,6-14H2,1H3. The molecule has 1 atom stereocenters. The van der Waals surface area contributed by atoms with Crippen molar-refractivity contribution in [2.45, 2.75) is 63.1 Å². The molecule has 0 bridgehead atoms. The molecule has 3 aromatic heterocycles. The smallest absolute Gasteiger partial charge is 0.233 e. The molecule has 3 aliphatic rings. The highest BCUT2D eigenvalue weighted by Crippen LogP contribution is 2.44. The van der Waals surface area contributed by atoms with E-state index in [-0.39, 0.29) is 5.91 Å². The van der Waals surface area contributed by atoms with Crippen molar-refractivity contribution in [3.63, 3.8) is 0 Å². The fraction of sp³-hybridized carbons (Fsp3) is 0.462. The Bertz CT molecular complexity index is 1440. The number of nitrogens with zero attached hydrogens (tertiary/aromatic N) is 5. The largest absolute Gasteiger partial charge is 0.337 e. The Morgan fingerprint density at radius 3 is 2.85 bits per heavy atom. The molecule has 4 aromatic rings. The Kier molecular flexibility index (Phi) is 4.95. The number of carbonyl (C=O) groups excluding carboxylic acids is 1. The van der Waals surface area contributed by atoms with Gasteiger partial charge in [-0.3, -0.25) is 9.20 Å². The summed E-state index contributed by atoms with van der Waals surface area (Å²) < 4.78 is 2.18. The number of hydrogen-bond donors (Lipinski definition) is 0. The van der Waals surface area contributed by atoms with Crippen LogP contribution in [-0.2, 0) is 30.6 Å². The second kappa shape index (κ2) is 8.05. The van der Waals surface area contributed by atoms with Crippen LogP contribution in [0.15, 0.2) is 29.4 Å². The summed E-state index contributed by atoms with van der Waals surface area (Å²) in [7, 11) is 0. The van der Waals surface area contributed by atoms with Crippen molar-refractivity contribution in [3.05, 3.63) is 51.7 Å². The first-order valence-corrected chi connectivity index (χ1v) is 14.1. The number of amides is 1. The molecule has 6 nitrogen and oxygen atoms in total. The summed E-state index contributed by atoms with van der Waals surface area (Å²) in [5, 5.41) is 11.3. The lowest BCUT2D eigenvalue weighted by Gasteiger charge is -2.28. The Hall–Kier alpha value is -2.45. The third-order valence-electron chi connectivity index (χ3n) is 7.55. The fourth-order valence-electron chi connectivity index (χ4n) is 5.47. The van der Waals surface area contributed by atoms with Gasteiger partial charge in [-0.1, -0.05) is 43.0 Å². The SMILES string of the molecule is CC1CCc2c(sc3nc(C4CC4)n4c(SCC(=O)N5CCc6ccccc6C5)nnc4c23)C1. The molecule has 174 valence electrons. The minimum atomic E-state index is 0.167. The molecule has 1 aromatic carbocycles. The zero-order valence-corrected chi connectivity index (χ0v) is 20.9. The number of aryl methyl sites for hydroxylation is 1. The normalized spacial score (nSPS) is 20.0. The highest BCUT2D eigenvalue weighted by molar-refractivity contribution is 7.99. The van der Waals surface area contributed by atoms with Crippen LogP contribution < -0.4 is 0 Å². The Morgan fingerprint density at radius 2 is 2.00 bits per heavy atom. The monoisotopic (exact) mass is 489 g/mol. The van der Waals surface area contributed by atoms with Gasteiger partial charge in [0.05, 0.1) is 11.1 Å². The second-order valence-corrected chi connectivity index (χ2v) is 12.1. The van der Waals surface area contributed by atoms with Crippen LogP contribution in [-0.4, -0.2) is 42.7 Å². The van der Waals surface area contributed by atoms with E-state index in [0.717, 1.165) is 53.2 Å². The van der Waals surface area contributed by atoms with Gasteiger partial charge in [-0.05, 0) is 61.1 Å². The van der Waals surface area contributed by atoms with Gasteiger partial charge in [0.25, 0.3) is 0 Å². The van der Waals surface area contributed by atoms with E-state index in [0.29, 0.717) is 18.2 Å². The van der Waals surface area contributed by atoms with E-state index in [9.17, 15) is 4.79 Å². The van der Waals surface area contributed by atoms with Crippen molar-refractivity contribution in [1.29, 1.82) is 0 Å². The quantitative estimate of drug-likeness (QED) is 0.377. The predicted molar refractivity (Wildman–Crippen MR) is 136 cm³/mol. The summed E-state index contributed by atoms with van der Waals surface area (Å²) >= 11 is 3.37. The molecule has 2 aliphatic carbocycles. The number of thioether (sulfide) groups is 1. The summed E-state index contributed by atoms with van der Waals surface area (Å²) in [5.41, 5.74) is 5.00. The van der Waals surface area contributed by atoms with Gasteiger partial charge in [0.15, 0.2) is 10.8 Å². The van der Waals surface area contributed by atoms with Crippen molar-refractivity contribution in [2.24, 2.45) is 5.92 Å². The number of aromatic nitrogens is 4. The summed E-state index contributed by atoms with van der Waals surface area (Å²) in [4.78, 5) is 22.8. The maximum absolute atomic E-state index is 13.1. The molecule has 0 N–H and O–H groups in total. The second-order valence-electron chi connectivity index (χ2n) is 10.0. The van der Waals surface area contributed by atoms with Gasteiger partial charge in [0.1, 0.15) is 10.7 Å². The Morgan fingerprint density at radius 1 is 1.15 bits per heavy atom. The van der Waals surface area contributed by atoms with E-state index in [2.05, 4.69) is 45.8 Å². The molecular formula is C26H27N5OS2. The predicted octanol–water partition coefficient (Wildman–Crippen LogP) is 5.02. The van der Waals surface area contributed by atoms with Crippen LogP contribution in [0, 0.1) is 5.92 Å². The summed E-state index contributed by atoms with van der Waals surface area (Å²) in [6.45, 7) is 3.83. The Balaban J connectivity index is 1.20. The van der Waals surface area contributed by atoms with E-state index >= 15 is 0 Å². The number of fused-ring (bicyclic) bond motifs is 6. The minimum absolute atomic E-state index is 0.167. The average molecular weight is 490 g/mol. The van der Waals surface area contributed by atoms with E-state index in [4.69, 9.17) is 4.98 Å². The van der Waals surface area contributed by atoms with Crippen LogP contribution in [0.4, 0.5) is 0 Å². The third-order valence-corrected chi connectivity index (χ3v) is 9.61. The van der Waals surface area contributed by atoms with Crippen LogP contribution in [0.2, 0.25) is 0 Å². The van der Waals surface area contributed by atoms with Crippen molar-refractivity contribution in [2.75, 3.05) is 12.3 Å². The topological polar surface area (TPSA) is 63.4 Å². The molecule has 0 saturated heterocycles. The number of thiophene rings is 1. The summed E-state index contributed by atoms with van der Waals surface area (Å²) in [6, 6.07) is 8.44. The molecule has 1 fully saturated rings. The van der Waals surface area contributed by atoms with E-state index in [1.807, 2.05) is 16.2 Å². The zero-order chi connectivity index (χ0) is 22.8.